The molecule has 1 rings (SSSR count). The molecule has 0 heterocycles. The molecular formula is C12H17N3O3. The fourth-order valence-corrected chi connectivity index (χ4v) is 1.59. The van der Waals surface area contributed by atoms with Crippen molar-refractivity contribution >= 4 is 17.3 Å². The molecule has 0 saturated carbocycles. The number of amides is 1. The highest BCUT2D eigenvalue weighted by Crippen LogP contribution is 2.22. The van der Waals surface area contributed by atoms with Gasteiger partial charge in [0.15, 0.2) is 0 Å². The average Bonchev–Trinajstić information content (AvgIpc) is 2.29. The quantitative estimate of drug-likeness (QED) is 0.654. The Morgan fingerprint density at radius 2 is 2.06 bits per heavy atom. The van der Waals surface area contributed by atoms with Gasteiger partial charge in [-0.05, 0) is 19.9 Å². The van der Waals surface area contributed by atoms with Gasteiger partial charge in [0.25, 0.3) is 5.69 Å². The molecule has 0 spiro atoms. The van der Waals surface area contributed by atoms with Crippen molar-refractivity contribution in [3.63, 3.8) is 0 Å². The van der Waals surface area contributed by atoms with E-state index in [2.05, 4.69) is 5.32 Å². The minimum Gasteiger partial charge on any atom is -0.374 e. The van der Waals surface area contributed by atoms with Crippen LogP contribution in [0, 0.1) is 17.0 Å². The summed E-state index contributed by atoms with van der Waals surface area (Å²) < 4.78 is 0. The van der Waals surface area contributed by atoms with Crippen molar-refractivity contribution in [2.75, 3.05) is 19.4 Å². The maximum atomic E-state index is 11.7. The summed E-state index contributed by atoms with van der Waals surface area (Å²) in [7, 11) is 3.33. The largest absolute Gasteiger partial charge is 0.374 e. The van der Waals surface area contributed by atoms with E-state index in [4.69, 9.17) is 0 Å². The number of nitro groups is 1. The fraction of sp³-hybridized carbons (Fsp3) is 0.417. The molecule has 0 aliphatic rings. The number of benzene rings is 1. The first-order chi connectivity index (χ1) is 8.32. The van der Waals surface area contributed by atoms with Crippen molar-refractivity contribution in [2.24, 2.45) is 0 Å². The first-order valence-corrected chi connectivity index (χ1v) is 5.55. The molecule has 1 aromatic carbocycles. The van der Waals surface area contributed by atoms with Crippen LogP contribution >= 0.6 is 0 Å². The second-order valence-electron chi connectivity index (χ2n) is 4.36. The fourth-order valence-electron chi connectivity index (χ4n) is 1.59. The van der Waals surface area contributed by atoms with Crippen LogP contribution in [-0.4, -0.2) is 35.9 Å². The van der Waals surface area contributed by atoms with E-state index in [1.165, 1.54) is 11.0 Å². The van der Waals surface area contributed by atoms with Crippen LogP contribution in [0.4, 0.5) is 11.4 Å². The molecule has 0 radical (unpaired) electrons. The number of likely N-dealkylation sites (N-methyl/N-ethyl adjacent to an activating group) is 1. The molecule has 1 amide bonds. The van der Waals surface area contributed by atoms with Gasteiger partial charge in [-0.25, -0.2) is 0 Å². The van der Waals surface area contributed by atoms with Crippen molar-refractivity contribution in [1.29, 1.82) is 0 Å². The Balaban J connectivity index is 2.89. The van der Waals surface area contributed by atoms with Crippen LogP contribution in [0.15, 0.2) is 18.2 Å². The lowest BCUT2D eigenvalue weighted by molar-refractivity contribution is -0.385. The monoisotopic (exact) mass is 251 g/mol. The predicted octanol–water partition coefficient (Wildman–Crippen LogP) is 1.79. The number of anilines is 1. The third-order valence-corrected chi connectivity index (χ3v) is 2.60. The lowest BCUT2D eigenvalue weighted by Gasteiger charge is -2.19. The number of rotatable bonds is 4. The predicted molar refractivity (Wildman–Crippen MR) is 69.6 cm³/mol. The minimum atomic E-state index is -0.432. The molecule has 0 aliphatic heterocycles. The summed E-state index contributed by atoms with van der Waals surface area (Å²) in [4.78, 5) is 23.5. The summed E-state index contributed by atoms with van der Waals surface area (Å²) >= 11 is 0. The van der Waals surface area contributed by atoms with Crippen LogP contribution in [0.3, 0.4) is 0 Å². The van der Waals surface area contributed by atoms with Gasteiger partial charge in [-0.15, -0.1) is 0 Å². The van der Waals surface area contributed by atoms with Crippen molar-refractivity contribution in [2.45, 2.75) is 19.9 Å². The molecule has 0 fully saturated rings. The SMILES string of the molecule is Cc1ccc(NC(C)C(=O)N(C)C)cc1[N+](=O)[O-]. The number of carbonyl (C=O) groups is 1. The Hall–Kier alpha value is -2.11. The Morgan fingerprint density at radius 3 is 2.56 bits per heavy atom. The number of carbonyl (C=O) groups excluding carboxylic acids is 1. The van der Waals surface area contributed by atoms with Gasteiger partial charge in [0, 0.05) is 31.4 Å². The molecule has 0 saturated heterocycles. The van der Waals surface area contributed by atoms with Crippen molar-refractivity contribution < 1.29 is 9.72 Å². The number of nitrogens with one attached hydrogen (secondary N) is 1. The second kappa shape index (κ2) is 5.48. The van der Waals surface area contributed by atoms with E-state index in [0.29, 0.717) is 11.3 Å². The summed E-state index contributed by atoms with van der Waals surface area (Å²) in [6.07, 6.45) is 0. The Morgan fingerprint density at radius 1 is 1.44 bits per heavy atom. The molecule has 6 nitrogen and oxygen atoms in total. The number of hydrogen-bond acceptors (Lipinski definition) is 4. The highest BCUT2D eigenvalue weighted by molar-refractivity contribution is 5.84. The third-order valence-electron chi connectivity index (χ3n) is 2.60. The molecule has 1 unspecified atom stereocenters. The standard InChI is InChI=1S/C12H17N3O3/c1-8-5-6-10(7-11(8)15(17)18)13-9(2)12(16)14(3)4/h5-7,9,13H,1-4H3. The van der Waals surface area contributed by atoms with E-state index in [-0.39, 0.29) is 11.6 Å². The van der Waals surface area contributed by atoms with Gasteiger partial charge in [0.2, 0.25) is 5.91 Å². The van der Waals surface area contributed by atoms with Gasteiger partial charge in [-0.2, -0.15) is 0 Å². The van der Waals surface area contributed by atoms with E-state index in [1.807, 2.05) is 0 Å². The Bertz CT molecular complexity index is 472. The van der Waals surface area contributed by atoms with Crippen LogP contribution < -0.4 is 5.32 Å². The van der Waals surface area contributed by atoms with Gasteiger partial charge < -0.3 is 10.2 Å². The lowest BCUT2D eigenvalue weighted by Crippen LogP contribution is -2.36. The molecule has 0 aliphatic carbocycles. The molecule has 98 valence electrons. The zero-order valence-electron chi connectivity index (χ0n) is 10.9. The number of nitro benzene ring substituents is 1. The van der Waals surface area contributed by atoms with E-state index >= 15 is 0 Å². The maximum Gasteiger partial charge on any atom is 0.274 e. The molecular weight excluding hydrogens is 234 g/mol. The topological polar surface area (TPSA) is 75.5 Å². The summed E-state index contributed by atoms with van der Waals surface area (Å²) in [6.45, 7) is 3.39. The van der Waals surface area contributed by atoms with Gasteiger partial charge >= 0.3 is 0 Å². The van der Waals surface area contributed by atoms with Crippen LogP contribution in [0.25, 0.3) is 0 Å². The molecule has 1 aromatic rings. The minimum absolute atomic E-state index is 0.0458. The summed E-state index contributed by atoms with van der Waals surface area (Å²) in [5.74, 6) is -0.0850. The Kier molecular flexibility index (Phi) is 4.25. The average molecular weight is 251 g/mol. The molecule has 6 heteroatoms. The summed E-state index contributed by atoms with van der Waals surface area (Å²) in [6, 6.07) is 4.39. The van der Waals surface area contributed by atoms with Gasteiger partial charge in [0.1, 0.15) is 6.04 Å². The third kappa shape index (κ3) is 3.19. The zero-order chi connectivity index (χ0) is 13.9. The van der Waals surface area contributed by atoms with Crippen molar-refractivity contribution in [1.82, 2.24) is 4.90 Å². The molecule has 18 heavy (non-hydrogen) atoms. The van der Waals surface area contributed by atoms with E-state index in [9.17, 15) is 14.9 Å². The van der Waals surface area contributed by atoms with Gasteiger partial charge in [-0.1, -0.05) is 6.07 Å². The Labute approximate surface area is 106 Å². The zero-order valence-corrected chi connectivity index (χ0v) is 10.9. The van der Waals surface area contributed by atoms with Crippen LogP contribution in [0.5, 0.6) is 0 Å². The molecule has 0 aromatic heterocycles. The van der Waals surface area contributed by atoms with E-state index < -0.39 is 11.0 Å². The van der Waals surface area contributed by atoms with Crippen molar-refractivity contribution in [3.05, 3.63) is 33.9 Å². The van der Waals surface area contributed by atoms with Gasteiger partial charge in [-0.3, -0.25) is 14.9 Å². The van der Waals surface area contributed by atoms with Crippen LogP contribution in [0.2, 0.25) is 0 Å². The van der Waals surface area contributed by atoms with Gasteiger partial charge in [0.05, 0.1) is 4.92 Å². The van der Waals surface area contributed by atoms with Crippen LogP contribution in [0.1, 0.15) is 12.5 Å². The number of nitrogens with zero attached hydrogens (tertiary/aromatic N) is 2. The highest BCUT2D eigenvalue weighted by atomic mass is 16.6. The molecule has 1 N–H and O–H groups in total. The number of aryl methyl sites for hydroxylation is 1. The summed E-state index contributed by atoms with van der Waals surface area (Å²) in [5, 5.41) is 13.8. The first-order valence-electron chi connectivity index (χ1n) is 5.55. The van der Waals surface area contributed by atoms with Crippen molar-refractivity contribution in [3.8, 4) is 0 Å². The molecule has 1 atom stereocenters. The van der Waals surface area contributed by atoms with Crippen LogP contribution in [-0.2, 0) is 4.79 Å². The number of hydrogen-bond donors (Lipinski definition) is 1. The highest BCUT2D eigenvalue weighted by Gasteiger charge is 2.16. The second-order valence-corrected chi connectivity index (χ2v) is 4.36. The first kappa shape index (κ1) is 14.0. The van der Waals surface area contributed by atoms with E-state index in [0.717, 1.165) is 0 Å². The smallest absolute Gasteiger partial charge is 0.274 e. The lowest BCUT2D eigenvalue weighted by atomic mass is 10.1. The summed E-state index contributed by atoms with van der Waals surface area (Å²) in [5.41, 5.74) is 1.21. The molecule has 0 bridgehead atoms. The maximum absolute atomic E-state index is 11.7. The van der Waals surface area contributed by atoms with E-state index in [1.54, 1.807) is 40.1 Å². The normalized spacial score (nSPS) is 11.8.